The lowest BCUT2D eigenvalue weighted by atomic mass is 9.78. The molecular weight excluding hydrogens is 260 g/mol. The molecule has 21 heavy (non-hydrogen) atoms. The van der Waals surface area contributed by atoms with Crippen molar-refractivity contribution in [3.8, 4) is 0 Å². The molecule has 2 aliphatic rings. The number of ether oxygens (including phenoxy) is 1. The summed E-state index contributed by atoms with van der Waals surface area (Å²) in [5.41, 5.74) is 9.36. The highest BCUT2D eigenvalue weighted by atomic mass is 16.5. The monoisotopic (exact) mass is 288 g/mol. The molecule has 1 aromatic carbocycles. The second kappa shape index (κ2) is 6.07. The fourth-order valence-electron chi connectivity index (χ4n) is 3.49. The van der Waals surface area contributed by atoms with E-state index in [0.29, 0.717) is 0 Å². The van der Waals surface area contributed by atoms with Gasteiger partial charge in [-0.2, -0.15) is 0 Å². The zero-order valence-corrected chi connectivity index (χ0v) is 13.3. The summed E-state index contributed by atoms with van der Waals surface area (Å²) in [7, 11) is 0. The van der Waals surface area contributed by atoms with Crippen LogP contribution in [-0.4, -0.2) is 36.7 Å². The smallest absolute Gasteiger partial charge is 0.0594 e. The highest BCUT2D eigenvalue weighted by Gasteiger charge is 2.35. The predicted octanol–water partition coefficient (Wildman–Crippen LogP) is 3.06. The first-order chi connectivity index (χ1) is 10.1. The summed E-state index contributed by atoms with van der Waals surface area (Å²) in [5.74, 6) is 0.767. The average molecular weight is 288 g/mol. The largest absolute Gasteiger partial charge is 0.379 e. The van der Waals surface area contributed by atoms with Crippen LogP contribution in [0.2, 0.25) is 0 Å². The molecule has 2 fully saturated rings. The van der Waals surface area contributed by atoms with Crippen LogP contribution in [0.15, 0.2) is 24.3 Å². The number of nitrogens with zero attached hydrogens (tertiary/aromatic N) is 1. The predicted molar refractivity (Wildman–Crippen MR) is 86.4 cm³/mol. The molecule has 2 N–H and O–H groups in total. The van der Waals surface area contributed by atoms with Gasteiger partial charge in [0, 0.05) is 24.7 Å². The van der Waals surface area contributed by atoms with E-state index in [-0.39, 0.29) is 11.6 Å². The number of rotatable bonds is 4. The van der Waals surface area contributed by atoms with Gasteiger partial charge in [-0.1, -0.05) is 30.7 Å². The van der Waals surface area contributed by atoms with Crippen molar-refractivity contribution in [3.63, 3.8) is 0 Å². The summed E-state index contributed by atoms with van der Waals surface area (Å²) in [6.07, 6.45) is 4.05. The van der Waals surface area contributed by atoms with Crippen LogP contribution >= 0.6 is 0 Å². The molecule has 1 aliphatic carbocycles. The molecule has 0 spiro atoms. The minimum Gasteiger partial charge on any atom is -0.379 e. The van der Waals surface area contributed by atoms with Gasteiger partial charge in [0.2, 0.25) is 0 Å². The maximum Gasteiger partial charge on any atom is 0.0594 e. The molecule has 1 aliphatic heterocycles. The number of morpholine rings is 1. The van der Waals surface area contributed by atoms with Crippen LogP contribution in [-0.2, 0) is 4.74 Å². The molecule has 0 aromatic heterocycles. The van der Waals surface area contributed by atoms with E-state index < -0.39 is 0 Å². The van der Waals surface area contributed by atoms with E-state index in [1.807, 2.05) is 0 Å². The van der Waals surface area contributed by atoms with Gasteiger partial charge in [0.1, 0.15) is 0 Å². The van der Waals surface area contributed by atoms with E-state index in [1.165, 1.54) is 30.4 Å². The quantitative estimate of drug-likeness (QED) is 0.925. The molecule has 3 rings (SSSR count). The molecule has 0 bridgehead atoms. The van der Waals surface area contributed by atoms with E-state index in [4.69, 9.17) is 10.5 Å². The second-order valence-corrected chi connectivity index (χ2v) is 7.03. The van der Waals surface area contributed by atoms with Crippen LogP contribution < -0.4 is 5.73 Å². The number of hydrogen-bond donors (Lipinski definition) is 1. The Hall–Kier alpha value is -0.900. The second-order valence-electron chi connectivity index (χ2n) is 7.03. The fourth-order valence-corrected chi connectivity index (χ4v) is 3.49. The van der Waals surface area contributed by atoms with E-state index in [0.717, 1.165) is 32.2 Å². The third-order valence-electron chi connectivity index (χ3n) is 5.43. The van der Waals surface area contributed by atoms with Crippen molar-refractivity contribution in [2.24, 2.45) is 5.73 Å². The van der Waals surface area contributed by atoms with Crippen LogP contribution in [0.5, 0.6) is 0 Å². The van der Waals surface area contributed by atoms with Gasteiger partial charge >= 0.3 is 0 Å². The van der Waals surface area contributed by atoms with E-state index >= 15 is 0 Å². The third-order valence-corrected chi connectivity index (χ3v) is 5.43. The lowest BCUT2D eigenvalue weighted by molar-refractivity contribution is -0.0190. The van der Waals surface area contributed by atoms with E-state index in [2.05, 4.69) is 43.0 Å². The Morgan fingerprint density at radius 2 is 1.95 bits per heavy atom. The van der Waals surface area contributed by atoms with Crippen molar-refractivity contribution in [1.82, 2.24) is 4.90 Å². The Morgan fingerprint density at radius 1 is 1.24 bits per heavy atom. The highest BCUT2D eigenvalue weighted by Crippen LogP contribution is 2.38. The summed E-state index contributed by atoms with van der Waals surface area (Å²) in [5, 5.41) is 0. The Morgan fingerprint density at radius 3 is 2.57 bits per heavy atom. The van der Waals surface area contributed by atoms with Crippen LogP contribution in [0.25, 0.3) is 0 Å². The lowest BCUT2D eigenvalue weighted by Gasteiger charge is -2.44. The van der Waals surface area contributed by atoms with E-state index in [9.17, 15) is 0 Å². The topological polar surface area (TPSA) is 38.5 Å². The number of benzene rings is 1. The molecule has 1 saturated heterocycles. The first-order valence-corrected chi connectivity index (χ1v) is 8.27. The molecule has 3 heteroatoms. The van der Waals surface area contributed by atoms with Crippen molar-refractivity contribution in [2.75, 3.05) is 26.3 Å². The normalized spacial score (nSPS) is 22.8. The van der Waals surface area contributed by atoms with Gasteiger partial charge in [-0.15, -0.1) is 0 Å². The van der Waals surface area contributed by atoms with Crippen LogP contribution in [0.1, 0.15) is 56.2 Å². The van der Waals surface area contributed by atoms with Gasteiger partial charge < -0.3 is 10.5 Å². The highest BCUT2D eigenvalue weighted by molar-refractivity contribution is 5.31. The minimum absolute atomic E-state index is 0.0376. The van der Waals surface area contributed by atoms with Gasteiger partial charge in [0.05, 0.1) is 13.2 Å². The van der Waals surface area contributed by atoms with E-state index in [1.54, 1.807) is 0 Å². The standard InChI is InChI=1S/C18H28N2O/c1-18(2,20-9-11-21-12-10-20)17(19)16-8-4-7-15(13-16)14-5-3-6-14/h4,7-8,13-14,17H,3,5-6,9-12,19H2,1-2H3. The van der Waals surface area contributed by atoms with Gasteiger partial charge in [-0.05, 0) is 43.7 Å². The van der Waals surface area contributed by atoms with Crippen LogP contribution in [0, 0.1) is 0 Å². The van der Waals surface area contributed by atoms with Crippen LogP contribution in [0.3, 0.4) is 0 Å². The summed E-state index contributed by atoms with van der Waals surface area (Å²) < 4.78 is 5.47. The maximum absolute atomic E-state index is 6.65. The Kier molecular flexibility index (Phi) is 4.34. The first-order valence-electron chi connectivity index (χ1n) is 8.27. The molecule has 1 atom stereocenters. The molecule has 1 saturated carbocycles. The molecule has 3 nitrogen and oxygen atoms in total. The van der Waals surface area contributed by atoms with Crippen molar-refractivity contribution in [1.29, 1.82) is 0 Å². The molecule has 0 radical (unpaired) electrons. The molecule has 1 heterocycles. The fraction of sp³-hybridized carbons (Fsp3) is 0.667. The van der Waals surface area contributed by atoms with Crippen LogP contribution in [0.4, 0.5) is 0 Å². The Bertz CT molecular complexity index is 476. The van der Waals surface area contributed by atoms with Crippen molar-refractivity contribution in [2.45, 2.75) is 50.6 Å². The van der Waals surface area contributed by atoms with Gasteiger partial charge in [-0.25, -0.2) is 0 Å². The SMILES string of the molecule is CC(C)(C(N)c1cccc(C2CCC2)c1)N1CCOCC1. The van der Waals surface area contributed by atoms with Gasteiger partial charge in [0.15, 0.2) is 0 Å². The summed E-state index contributed by atoms with van der Waals surface area (Å²) in [6, 6.07) is 9.02. The van der Waals surface area contributed by atoms with Gasteiger partial charge in [0.25, 0.3) is 0 Å². The number of hydrogen-bond acceptors (Lipinski definition) is 3. The molecule has 1 aromatic rings. The van der Waals surface area contributed by atoms with Crippen molar-refractivity contribution >= 4 is 0 Å². The Labute approximate surface area is 128 Å². The third kappa shape index (κ3) is 3.01. The molecule has 116 valence electrons. The zero-order chi connectivity index (χ0) is 14.9. The zero-order valence-electron chi connectivity index (χ0n) is 13.3. The summed E-state index contributed by atoms with van der Waals surface area (Å²) >= 11 is 0. The minimum atomic E-state index is -0.0397. The maximum atomic E-state index is 6.65. The number of nitrogens with two attached hydrogens (primary N) is 1. The first kappa shape index (κ1) is 15.0. The Balaban J connectivity index is 1.77. The van der Waals surface area contributed by atoms with Crippen molar-refractivity contribution in [3.05, 3.63) is 35.4 Å². The summed E-state index contributed by atoms with van der Waals surface area (Å²) in [4.78, 5) is 2.47. The molecular formula is C18H28N2O. The summed E-state index contributed by atoms with van der Waals surface area (Å²) in [6.45, 7) is 8.11. The van der Waals surface area contributed by atoms with Gasteiger partial charge in [-0.3, -0.25) is 4.90 Å². The lowest BCUT2D eigenvalue weighted by Crippen LogP contribution is -2.55. The average Bonchev–Trinajstić information content (AvgIpc) is 2.46. The molecule has 1 unspecified atom stereocenters. The van der Waals surface area contributed by atoms with Crippen molar-refractivity contribution < 1.29 is 4.74 Å². The molecule has 0 amide bonds.